The van der Waals surface area contributed by atoms with E-state index in [1.807, 2.05) is 22.9 Å². The molecule has 0 saturated carbocycles. The maximum Gasteiger partial charge on any atom is 0.267 e. The molecule has 6 nitrogen and oxygen atoms in total. The van der Waals surface area contributed by atoms with Crippen LogP contribution >= 0.6 is 22.7 Å². The number of rotatable bonds is 4. The number of fused-ring (bicyclic) bond motifs is 1. The SMILES string of the molecule is O=C(Cn1nc2c(cc1=O)CCCCC2)Nc1nc(-c2cccs2)cs1. The van der Waals surface area contributed by atoms with Crippen molar-refractivity contribution in [1.82, 2.24) is 14.8 Å². The first kappa shape index (κ1) is 17.1. The summed E-state index contributed by atoms with van der Waals surface area (Å²) in [4.78, 5) is 30.1. The van der Waals surface area contributed by atoms with E-state index in [1.165, 1.54) is 16.0 Å². The van der Waals surface area contributed by atoms with Gasteiger partial charge in [-0.3, -0.25) is 9.59 Å². The average molecular weight is 387 g/mol. The van der Waals surface area contributed by atoms with E-state index >= 15 is 0 Å². The number of anilines is 1. The van der Waals surface area contributed by atoms with Crippen molar-refractivity contribution in [3.63, 3.8) is 0 Å². The molecule has 3 heterocycles. The smallest absolute Gasteiger partial charge is 0.267 e. The van der Waals surface area contributed by atoms with E-state index in [0.717, 1.165) is 53.9 Å². The molecule has 0 aromatic carbocycles. The third-order valence-electron chi connectivity index (χ3n) is 4.34. The lowest BCUT2D eigenvalue weighted by Gasteiger charge is -2.09. The third kappa shape index (κ3) is 3.76. The molecule has 0 spiro atoms. The molecule has 3 aromatic rings. The van der Waals surface area contributed by atoms with Crippen LogP contribution < -0.4 is 10.9 Å². The summed E-state index contributed by atoms with van der Waals surface area (Å²) >= 11 is 2.98. The minimum absolute atomic E-state index is 0.0972. The van der Waals surface area contributed by atoms with Crippen LogP contribution in [0, 0.1) is 0 Å². The summed E-state index contributed by atoms with van der Waals surface area (Å²) in [6, 6.07) is 5.59. The predicted molar refractivity (Wildman–Crippen MR) is 104 cm³/mol. The number of aromatic nitrogens is 3. The molecule has 0 bridgehead atoms. The van der Waals surface area contributed by atoms with Gasteiger partial charge in [-0.05, 0) is 42.7 Å². The molecular formula is C18H18N4O2S2. The molecule has 0 radical (unpaired) electrons. The molecule has 0 saturated heterocycles. The minimum atomic E-state index is -0.291. The van der Waals surface area contributed by atoms with E-state index in [2.05, 4.69) is 15.4 Å². The maximum atomic E-state index is 12.3. The standard InChI is InChI=1S/C18H18N4O2S2/c23-16(20-18-19-14(11-26-18)15-7-4-8-25-15)10-22-17(24)9-12-5-2-1-3-6-13(12)21-22/h4,7-9,11H,1-3,5-6,10H2,(H,19,20,23). The fraction of sp³-hybridized carbons (Fsp3) is 0.333. The molecule has 1 N–H and O–H groups in total. The van der Waals surface area contributed by atoms with Crippen molar-refractivity contribution in [2.24, 2.45) is 0 Å². The summed E-state index contributed by atoms with van der Waals surface area (Å²) in [7, 11) is 0. The van der Waals surface area contributed by atoms with Crippen molar-refractivity contribution in [2.75, 3.05) is 5.32 Å². The molecule has 8 heteroatoms. The van der Waals surface area contributed by atoms with Crippen LogP contribution in [-0.2, 0) is 24.2 Å². The van der Waals surface area contributed by atoms with Gasteiger partial charge in [-0.1, -0.05) is 12.5 Å². The van der Waals surface area contributed by atoms with Gasteiger partial charge < -0.3 is 5.32 Å². The van der Waals surface area contributed by atoms with E-state index in [9.17, 15) is 9.59 Å². The minimum Gasteiger partial charge on any atom is -0.300 e. The van der Waals surface area contributed by atoms with E-state index in [1.54, 1.807) is 17.4 Å². The number of thiazole rings is 1. The fourth-order valence-corrected chi connectivity index (χ4v) is 4.54. The molecule has 1 amide bonds. The lowest BCUT2D eigenvalue weighted by Crippen LogP contribution is -2.30. The third-order valence-corrected chi connectivity index (χ3v) is 5.99. The van der Waals surface area contributed by atoms with Crippen molar-refractivity contribution in [3.8, 4) is 10.6 Å². The summed E-state index contributed by atoms with van der Waals surface area (Å²) in [6.07, 6.45) is 5.09. The molecule has 3 aromatic heterocycles. The Labute approximate surface area is 158 Å². The largest absolute Gasteiger partial charge is 0.300 e. The normalized spacial score (nSPS) is 13.8. The Morgan fingerprint density at radius 1 is 1.23 bits per heavy atom. The summed E-state index contributed by atoms with van der Waals surface area (Å²) in [6.45, 7) is -0.0972. The topological polar surface area (TPSA) is 76.9 Å². The van der Waals surface area contributed by atoms with Crippen molar-refractivity contribution in [3.05, 3.63) is 50.6 Å². The maximum absolute atomic E-state index is 12.3. The zero-order chi connectivity index (χ0) is 17.9. The van der Waals surface area contributed by atoms with Crippen LogP contribution in [0.25, 0.3) is 10.6 Å². The van der Waals surface area contributed by atoms with E-state index in [-0.39, 0.29) is 18.0 Å². The molecule has 1 aliphatic rings. The summed E-state index contributed by atoms with van der Waals surface area (Å²) in [5, 5.41) is 11.6. The number of hydrogen-bond donors (Lipinski definition) is 1. The monoisotopic (exact) mass is 386 g/mol. The van der Waals surface area contributed by atoms with Crippen LogP contribution in [-0.4, -0.2) is 20.7 Å². The van der Waals surface area contributed by atoms with Gasteiger partial charge in [-0.25, -0.2) is 9.67 Å². The van der Waals surface area contributed by atoms with Gasteiger partial charge in [0, 0.05) is 11.4 Å². The second kappa shape index (κ2) is 7.51. The van der Waals surface area contributed by atoms with Crippen LogP contribution in [0.1, 0.15) is 30.5 Å². The van der Waals surface area contributed by atoms with Crippen LogP contribution in [0.2, 0.25) is 0 Å². The molecule has 4 rings (SSSR count). The summed E-state index contributed by atoms with van der Waals surface area (Å²) < 4.78 is 1.26. The molecular weight excluding hydrogens is 368 g/mol. The first-order chi connectivity index (χ1) is 12.7. The highest BCUT2D eigenvalue weighted by Crippen LogP contribution is 2.28. The Morgan fingerprint density at radius 3 is 2.96 bits per heavy atom. The second-order valence-corrected chi connectivity index (χ2v) is 8.04. The molecule has 0 fully saturated rings. The Hall–Kier alpha value is -2.32. The van der Waals surface area contributed by atoms with Gasteiger partial charge in [0.2, 0.25) is 5.91 Å². The Kier molecular flexibility index (Phi) is 4.94. The molecule has 0 aliphatic heterocycles. The van der Waals surface area contributed by atoms with Crippen LogP contribution in [0.3, 0.4) is 0 Å². The lowest BCUT2D eigenvalue weighted by molar-refractivity contribution is -0.117. The summed E-state index contributed by atoms with van der Waals surface area (Å²) in [5.41, 5.74) is 2.61. The van der Waals surface area contributed by atoms with Crippen molar-refractivity contribution in [1.29, 1.82) is 0 Å². The summed E-state index contributed by atoms with van der Waals surface area (Å²) in [5.74, 6) is -0.291. The van der Waals surface area contributed by atoms with Gasteiger partial charge in [0.25, 0.3) is 5.56 Å². The first-order valence-electron chi connectivity index (χ1n) is 8.58. The number of carbonyl (C=O) groups excluding carboxylic acids is 1. The number of amides is 1. The van der Waals surface area contributed by atoms with Crippen LogP contribution in [0.15, 0.2) is 33.8 Å². The van der Waals surface area contributed by atoms with Crippen molar-refractivity contribution in [2.45, 2.75) is 38.6 Å². The van der Waals surface area contributed by atoms with Crippen LogP contribution in [0.4, 0.5) is 5.13 Å². The Balaban J connectivity index is 1.47. The number of carbonyl (C=O) groups is 1. The van der Waals surface area contributed by atoms with Gasteiger partial charge in [0.15, 0.2) is 5.13 Å². The molecule has 0 unspecified atom stereocenters. The average Bonchev–Trinajstić information content (AvgIpc) is 3.25. The van der Waals surface area contributed by atoms with E-state index in [0.29, 0.717) is 5.13 Å². The first-order valence-corrected chi connectivity index (χ1v) is 10.3. The fourth-order valence-electron chi connectivity index (χ4n) is 3.05. The lowest BCUT2D eigenvalue weighted by atomic mass is 10.1. The highest BCUT2D eigenvalue weighted by molar-refractivity contribution is 7.16. The predicted octanol–water partition coefficient (Wildman–Crippen LogP) is 3.34. The van der Waals surface area contributed by atoms with Crippen molar-refractivity contribution < 1.29 is 4.79 Å². The zero-order valence-electron chi connectivity index (χ0n) is 14.1. The molecule has 26 heavy (non-hydrogen) atoms. The Bertz CT molecular complexity index is 975. The van der Waals surface area contributed by atoms with Crippen LogP contribution in [0.5, 0.6) is 0 Å². The highest BCUT2D eigenvalue weighted by atomic mass is 32.1. The van der Waals surface area contributed by atoms with Gasteiger partial charge >= 0.3 is 0 Å². The van der Waals surface area contributed by atoms with E-state index in [4.69, 9.17) is 0 Å². The van der Waals surface area contributed by atoms with Gasteiger partial charge in [0.05, 0.1) is 16.3 Å². The van der Waals surface area contributed by atoms with Gasteiger partial charge in [-0.2, -0.15) is 5.10 Å². The quantitative estimate of drug-likeness (QED) is 0.698. The van der Waals surface area contributed by atoms with Crippen molar-refractivity contribution >= 4 is 33.7 Å². The molecule has 134 valence electrons. The van der Waals surface area contributed by atoms with Gasteiger partial charge in [-0.15, -0.1) is 22.7 Å². The zero-order valence-corrected chi connectivity index (χ0v) is 15.7. The highest BCUT2D eigenvalue weighted by Gasteiger charge is 2.15. The molecule has 0 atom stereocenters. The number of aryl methyl sites for hydroxylation is 2. The molecule has 1 aliphatic carbocycles. The number of thiophene rings is 1. The van der Waals surface area contributed by atoms with Gasteiger partial charge in [0.1, 0.15) is 6.54 Å². The number of nitrogens with zero attached hydrogens (tertiary/aromatic N) is 3. The second-order valence-electron chi connectivity index (χ2n) is 6.24. The number of hydrogen-bond acceptors (Lipinski definition) is 6. The number of nitrogens with one attached hydrogen (secondary N) is 1. The van der Waals surface area contributed by atoms with E-state index < -0.39 is 0 Å². The Morgan fingerprint density at radius 2 is 2.12 bits per heavy atom.